The highest BCUT2D eigenvalue weighted by Crippen LogP contribution is 2.26. The summed E-state index contributed by atoms with van der Waals surface area (Å²) in [7, 11) is 2.90. The summed E-state index contributed by atoms with van der Waals surface area (Å²) >= 11 is -2.25. The molecule has 2 amide bonds. The molecule has 1 unspecified atom stereocenters. The molecule has 0 aliphatic carbocycles. The average molecular weight is 434 g/mol. The van der Waals surface area contributed by atoms with Crippen molar-refractivity contribution >= 4 is 28.8 Å². The molecule has 0 bridgehead atoms. The summed E-state index contributed by atoms with van der Waals surface area (Å²) in [5.74, 6) is 0.301. The second-order valence-electron chi connectivity index (χ2n) is 6.44. The van der Waals surface area contributed by atoms with Crippen LogP contribution in [0.1, 0.15) is 20.7 Å². The quantitative estimate of drug-likeness (QED) is 0.656. The molecule has 11 heteroatoms. The Kier molecular flexibility index (Phi) is 6.85. The smallest absolute Gasteiger partial charge is 0.259 e. The molecule has 0 saturated carbocycles. The molecular weight excluding hydrogens is 412 g/mol. The standard InChI is InChI=1S/C19H22N4O6S/c1-28-16-11-13(3-4-15(16)21-30(26)27)18(24)22-7-9-23(10-8-22)19(25)14-5-6-20-17(12-14)29-2/h3-6,11-12,21H,7-10H2,1-2H3,(H,26,27). The Labute approximate surface area is 176 Å². The molecule has 1 aliphatic rings. The number of nitrogens with one attached hydrogen (secondary N) is 1. The van der Waals surface area contributed by atoms with Crippen molar-refractivity contribution in [1.29, 1.82) is 0 Å². The number of aromatic nitrogens is 1. The van der Waals surface area contributed by atoms with Crippen LogP contribution in [0.5, 0.6) is 11.6 Å². The maximum absolute atomic E-state index is 12.8. The Hall–Kier alpha value is -3.18. The van der Waals surface area contributed by atoms with Crippen LogP contribution >= 0.6 is 0 Å². The van der Waals surface area contributed by atoms with Gasteiger partial charge in [0.05, 0.1) is 19.9 Å². The van der Waals surface area contributed by atoms with Crippen LogP contribution in [-0.4, -0.2) is 75.8 Å². The summed E-state index contributed by atoms with van der Waals surface area (Å²) < 4.78 is 32.5. The first-order valence-corrected chi connectivity index (χ1v) is 10.2. The Balaban J connectivity index is 1.65. The minimum Gasteiger partial charge on any atom is -0.495 e. The number of amides is 2. The molecular formula is C19H22N4O6S. The van der Waals surface area contributed by atoms with Gasteiger partial charge in [-0.1, -0.05) is 0 Å². The minimum absolute atomic E-state index is 0.142. The lowest BCUT2D eigenvalue weighted by Crippen LogP contribution is -2.50. The monoisotopic (exact) mass is 434 g/mol. The first-order chi connectivity index (χ1) is 14.4. The third-order valence-electron chi connectivity index (χ3n) is 4.69. The fourth-order valence-electron chi connectivity index (χ4n) is 3.13. The van der Waals surface area contributed by atoms with Gasteiger partial charge in [-0.3, -0.25) is 18.9 Å². The lowest BCUT2D eigenvalue weighted by atomic mass is 10.1. The van der Waals surface area contributed by atoms with Gasteiger partial charge in [0.15, 0.2) is 0 Å². The van der Waals surface area contributed by atoms with Gasteiger partial charge in [-0.2, -0.15) is 0 Å². The molecule has 10 nitrogen and oxygen atoms in total. The lowest BCUT2D eigenvalue weighted by molar-refractivity contribution is 0.0535. The summed E-state index contributed by atoms with van der Waals surface area (Å²) in [5, 5.41) is 0. The molecule has 0 radical (unpaired) electrons. The third-order valence-corrected chi connectivity index (χ3v) is 5.09. The largest absolute Gasteiger partial charge is 0.495 e. The van der Waals surface area contributed by atoms with E-state index in [0.29, 0.717) is 48.9 Å². The van der Waals surface area contributed by atoms with Crippen LogP contribution < -0.4 is 14.2 Å². The number of carbonyl (C=O) groups excluding carboxylic acids is 2. The molecule has 1 atom stereocenters. The number of hydrogen-bond donors (Lipinski definition) is 2. The van der Waals surface area contributed by atoms with Crippen molar-refractivity contribution in [3.05, 3.63) is 47.7 Å². The fraction of sp³-hybridized carbons (Fsp3) is 0.316. The number of nitrogens with zero attached hydrogens (tertiary/aromatic N) is 3. The number of hydrogen-bond acceptors (Lipinski definition) is 6. The van der Waals surface area contributed by atoms with Crippen molar-refractivity contribution in [2.24, 2.45) is 0 Å². The van der Waals surface area contributed by atoms with Crippen LogP contribution in [0.2, 0.25) is 0 Å². The van der Waals surface area contributed by atoms with Crippen molar-refractivity contribution in [3.63, 3.8) is 0 Å². The van der Waals surface area contributed by atoms with Crippen LogP contribution in [0, 0.1) is 0 Å². The fourth-order valence-corrected chi connectivity index (χ4v) is 3.49. The number of carbonyl (C=O) groups is 2. The van der Waals surface area contributed by atoms with E-state index in [0.717, 1.165) is 0 Å². The molecule has 2 aromatic rings. The summed E-state index contributed by atoms with van der Waals surface area (Å²) in [6.07, 6.45) is 1.52. The van der Waals surface area contributed by atoms with Crippen molar-refractivity contribution in [2.75, 3.05) is 45.1 Å². The summed E-state index contributed by atoms with van der Waals surface area (Å²) in [6.45, 7) is 1.57. The minimum atomic E-state index is -2.25. The Bertz CT molecular complexity index is 962. The normalized spacial score (nSPS) is 14.8. The molecule has 1 fully saturated rings. The maximum Gasteiger partial charge on any atom is 0.259 e. The number of rotatable bonds is 6. The van der Waals surface area contributed by atoms with E-state index < -0.39 is 11.3 Å². The summed E-state index contributed by atoms with van der Waals surface area (Å²) in [4.78, 5) is 32.9. The molecule has 0 spiro atoms. The Morgan fingerprint density at radius 3 is 2.13 bits per heavy atom. The average Bonchev–Trinajstić information content (AvgIpc) is 2.78. The first kappa shape index (κ1) is 21.5. The predicted molar refractivity (Wildman–Crippen MR) is 110 cm³/mol. The van der Waals surface area contributed by atoms with Crippen molar-refractivity contribution < 1.29 is 27.8 Å². The number of piperazine rings is 1. The van der Waals surface area contributed by atoms with E-state index in [2.05, 4.69) is 9.71 Å². The van der Waals surface area contributed by atoms with E-state index in [1.165, 1.54) is 32.5 Å². The van der Waals surface area contributed by atoms with E-state index >= 15 is 0 Å². The SMILES string of the molecule is COc1cc(C(=O)N2CCN(C(=O)c3ccc(NS(=O)O)c(OC)c3)CC2)ccn1. The zero-order valence-electron chi connectivity index (χ0n) is 16.5. The van der Waals surface area contributed by atoms with Crippen LogP contribution in [0.15, 0.2) is 36.5 Å². The highest BCUT2D eigenvalue weighted by molar-refractivity contribution is 7.80. The lowest BCUT2D eigenvalue weighted by Gasteiger charge is -2.35. The number of methoxy groups -OCH3 is 2. The Morgan fingerprint density at radius 1 is 1.00 bits per heavy atom. The number of benzene rings is 1. The van der Waals surface area contributed by atoms with Gasteiger partial charge in [0.1, 0.15) is 5.75 Å². The van der Waals surface area contributed by atoms with E-state index in [1.54, 1.807) is 28.0 Å². The second-order valence-corrected chi connectivity index (χ2v) is 7.14. The summed E-state index contributed by atoms with van der Waals surface area (Å²) in [6, 6.07) is 7.79. The highest BCUT2D eigenvalue weighted by atomic mass is 32.2. The molecule has 30 heavy (non-hydrogen) atoms. The molecule has 2 heterocycles. The maximum atomic E-state index is 12.8. The van der Waals surface area contributed by atoms with Gasteiger partial charge in [-0.25, -0.2) is 9.19 Å². The molecule has 3 rings (SSSR count). The molecule has 1 aromatic carbocycles. The Morgan fingerprint density at radius 2 is 1.60 bits per heavy atom. The zero-order valence-corrected chi connectivity index (χ0v) is 17.3. The van der Waals surface area contributed by atoms with Gasteiger partial charge in [0.25, 0.3) is 23.1 Å². The molecule has 160 valence electrons. The van der Waals surface area contributed by atoms with Gasteiger partial charge >= 0.3 is 0 Å². The second kappa shape index (κ2) is 9.55. The van der Waals surface area contributed by atoms with Crippen LogP contribution in [0.4, 0.5) is 5.69 Å². The van der Waals surface area contributed by atoms with Crippen molar-refractivity contribution in [2.45, 2.75) is 0 Å². The zero-order chi connectivity index (χ0) is 21.7. The highest BCUT2D eigenvalue weighted by Gasteiger charge is 2.26. The number of ether oxygens (including phenoxy) is 2. The van der Waals surface area contributed by atoms with Gasteiger partial charge in [0.2, 0.25) is 5.88 Å². The molecule has 1 aliphatic heterocycles. The topological polar surface area (TPSA) is 121 Å². The van der Waals surface area contributed by atoms with Gasteiger partial charge in [-0.15, -0.1) is 0 Å². The van der Waals surface area contributed by atoms with E-state index in [4.69, 9.17) is 14.0 Å². The van der Waals surface area contributed by atoms with E-state index in [1.807, 2.05) is 0 Å². The van der Waals surface area contributed by atoms with Crippen molar-refractivity contribution in [1.82, 2.24) is 14.8 Å². The van der Waals surface area contributed by atoms with E-state index in [-0.39, 0.29) is 17.6 Å². The van der Waals surface area contributed by atoms with Gasteiger partial charge in [-0.05, 0) is 24.3 Å². The van der Waals surface area contributed by atoms with E-state index in [9.17, 15) is 13.8 Å². The number of anilines is 1. The third kappa shape index (κ3) is 4.86. The summed E-state index contributed by atoms with van der Waals surface area (Å²) in [5.41, 5.74) is 1.17. The molecule has 1 aromatic heterocycles. The van der Waals surface area contributed by atoms with Crippen molar-refractivity contribution in [3.8, 4) is 11.6 Å². The van der Waals surface area contributed by atoms with Crippen LogP contribution in [0.25, 0.3) is 0 Å². The van der Waals surface area contributed by atoms with Crippen LogP contribution in [0.3, 0.4) is 0 Å². The van der Waals surface area contributed by atoms with Gasteiger partial charge < -0.3 is 19.3 Å². The first-order valence-electron chi connectivity index (χ1n) is 9.07. The number of pyridine rings is 1. The molecule has 2 N–H and O–H groups in total. The van der Waals surface area contributed by atoms with Gasteiger partial charge in [0, 0.05) is 49.6 Å². The molecule has 1 saturated heterocycles. The predicted octanol–water partition coefficient (Wildman–Crippen LogP) is 1.25. The van der Waals surface area contributed by atoms with Crippen LogP contribution in [-0.2, 0) is 11.3 Å².